The van der Waals surface area contributed by atoms with E-state index in [4.69, 9.17) is 9.26 Å². The summed E-state index contributed by atoms with van der Waals surface area (Å²) in [5, 5.41) is 24.5. The molecule has 0 bridgehead atoms. The van der Waals surface area contributed by atoms with Crippen LogP contribution in [0.15, 0.2) is 10.7 Å². The second-order valence-corrected chi connectivity index (χ2v) is 8.97. The average Bonchev–Trinajstić information content (AvgIpc) is 3.39. The maximum atomic E-state index is 12.9. The van der Waals surface area contributed by atoms with Crippen LogP contribution in [0.1, 0.15) is 43.8 Å². The molecule has 0 spiro atoms. The van der Waals surface area contributed by atoms with Crippen molar-refractivity contribution in [3.05, 3.63) is 23.3 Å². The number of anilines is 1. The Kier molecular flexibility index (Phi) is 8.61. The van der Waals surface area contributed by atoms with Gasteiger partial charge in [0.05, 0.1) is 37.3 Å². The summed E-state index contributed by atoms with van der Waals surface area (Å²) in [6.45, 7) is 8.69. The molecular weight excluding hydrogens is 442 g/mol. The summed E-state index contributed by atoms with van der Waals surface area (Å²) in [6, 6.07) is -0.638. The number of likely N-dealkylation sites (N-methyl/N-ethyl adjacent to an activating group) is 1. The van der Waals surface area contributed by atoms with Crippen LogP contribution in [-0.4, -0.2) is 85.9 Å². The number of carbonyl (C=O) groups excluding carboxylic acids is 2. The number of aromatic nitrogens is 4. The fourth-order valence-electron chi connectivity index (χ4n) is 3.96. The van der Waals surface area contributed by atoms with Gasteiger partial charge in [0.25, 0.3) is 0 Å². The van der Waals surface area contributed by atoms with Crippen molar-refractivity contribution in [2.75, 3.05) is 32.1 Å². The number of fused-ring (bicyclic) bond motifs is 1. The SMILES string of the molecule is Cc1noc(C)c1NC(=O)N(C)C[C@H]1OCc2cnnn2CCCC(=O)N([C@@H](C)CO)C[C@@H]1C. The standard InChI is InChI=1S/C22H35N7O5/c1-14-10-28(15(2)12-30)20(31)7-6-8-29-18(9-23-26-29)13-33-19(14)11-27(5)22(32)24-21-16(3)25-34-17(21)4/h9,14-15,19,30H,6-8,10-13H2,1-5H3,(H,24,32)/t14-,15-,19+/m0/s1. The Labute approximate surface area is 199 Å². The lowest BCUT2D eigenvalue weighted by atomic mass is 10.0. The van der Waals surface area contributed by atoms with Crippen LogP contribution in [0.25, 0.3) is 0 Å². The van der Waals surface area contributed by atoms with Crippen molar-refractivity contribution in [1.29, 1.82) is 0 Å². The highest BCUT2D eigenvalue weighted by molar-refractivity contribution is 5.90. The predicted octanol–water partition coefficient (Wildman–Crippen LogP) is 1.57. The van der Waals surface area contributed by atoms with E-state index in [0.29, 0.717) is 43.1 Å². The first-order valence-electron chi connectivity index (χ1n) is 11.6. The lowest BCUT2D eigenvalue weighted by molar-refractivity contribution is -0.136. The number of ether oxygens (including phenoxy) is 1. The van der Waals surface area contributed by atoms with Gasteiger partial charge in [0, 0.05) is 39.0 Å². The van der Waals surface area contributed by atoms with Gasteiger partial charge in [-0.3, -0.25) is 4.79 Å². The van der Waals surface area contributed by atoms with Crippen molar-refractivity contribution < 1.29 is 24.0 Å². The van der Waals surface area contributed by atoms with Gasteiger partial charge in [0.15, 0.2) is 5.76 Å². The van der Waals surface area contributed by atoms with E-state index in [9.17, 15) is 14.7 Å². The first-order valence-corrected chi connectivity index (χ1v) is 11.6. The minimum atomic E-state index is -0.385. The normalized spacial score (nSPS) is 20.8. The van der Waals surface area contributed by atoms with Crippen molar-refractivity contribution in [3.8, 4) is 0 Å². The second kappa shape index (κ2) is 11.4. The molecule has 0 aliphatic carbocycles. The summed E-state index contributed by atoms with van der Waals surface area (Å²) in [5.41, 5.74) is 1.96. The molecule has 12 nitrogen and oxygen atoms in total. The lowest BCUT2D eigenvalue weighted by Gasteiger charge is -2.35. The van der Waals surface area contributed by atoms with Crippen molar-refractivity contribution in [3.63, 3.8) is 0 Å². The van der Waals surface area contributed by atoms with Crippen molar-refractivity contribution in [2.45, 2.75) is 65.8 Å². The van der Waals surface area contributed by atoms with Gasteiger partial charge in [0.2, 0.25) is 5.91 Å². The Morgan fingerprint density at radius 1 is 1.41 bits per heavy atom. The molecule has 2 aromatic rings. The molecule has 188 valence electrons. The summed E-state index contributed by atoms with van der Waals surface area (Å²) in [7, 11) is 1.69. The Morgan fingerprint density at radius 2 is 2.18 bits per heavy atom. The maximum absolute atomic E-state index is 12.9. The molecule has 2 N–H and O–H groups in total. The monoisotopic (exact) mass is 477 g/mol. The molecule has 2 aromatic heterocycles. The molecule has 0 saturated heterocycles. The molecular formula is C22H35N7O5. The molecule has 0 saturated carbocycles. The zero-order valence-corrected chi connectivity index (χ0v) is 20.5. The zero-order valence-electron chi connectivity index (χ0n) is 20.5. The molecule has 12 heteroatoms. The number of nitrogens with one attached hydrogen (secondary N) is 1. The van der Waals surface area contributed by atoms with Crippen LogP contribution in [0.4, 0.5) is 10.5 Å². The quantitative estimate of drug-likeness (QED) is 0.662. The number of urea groups is 1. The van der Waals surface area contributed by atoms with E-state index in [2.05, 4.69) is 20.8 Å². The van der Waals surface area contributed by atoms with Crippen LogP contribution in [0.3, 0.4) is 0 Å². The molecule has 1 aliphatic rings. The van der Waals surface area contributed by atoms with Crippen LogP contribution >= 0.6 is 0 Å². The van der Waals surface area contributed by atoms with E-state index in [1.54, 1.807) is 36.7 Å². The van der Waals surface area contributed by atoms with Gasteiger partial charge in [-0.25, -0.2) is 9.48 Å². The highest BCUT2D eigenvalue weighted by Gasteiger charge is 2.29. The topological polar surface area (TPSA) is 139 Å². The molecule has 3 atom stereocenters. The zero-order chi connectivity index (χ0) is 24.8. The molecule has 0 radical (unpaired) electrons. The fourth-order valence-corrected chi connectivity index (χ4v) is 3.96. The van der Waals surface area contributed by atoms with Crippen LogP contribution in [-0.2, 0) is 22.7 Å². The number of hydrogen-bond acceptors (Lipinski definition) is 8. The third-order valence-electron chi connectivity index (χ3n) is 6.21. The van der Waals surface area contributed by atoms with Crippen molar-refractivity contribution in [2.24, 2.45) is 5.92 Å². The Bertz CT molecular complexity index is 955. The number of rotatable bonds is 5. The third kappa shape index (κ3) is 6.11. The Hall–Kier alpha value is -2.99. The van der Waals surface area contributed by atoms with Gasteiger partial charge < -0.3 is 29.5 Å². The number of amides is 3. The Morgan fingerprint density at radius 3 is 2.85 bits per heavy atom. The van der Waals surface area contributed by atoms with Crippen molar-refractivity contribution >= 4 is 17.6 Å². The highest BCUT2D eigenvalue weighted by Crippen LogP contribution is 2.21. The maximum Gasteiger partial charge on any atom is 0.321 e. The van der Waals surface area contributed by atoms with Crippen molar-refractivity contribution in [1.82, 2.24) is 30.0 Å². The molecule has 3 rings (SSSR count). The summed E-state index contributed by atoms with van der Waals surface area (Å²) in [5.74, 6) is 0.387. The van der Waals surface area contributed by atoms with Gasteiger partial charge in [0.1, 0.15) is 11.4 Å². The molecule has 1 aliphatic heterocycles. The minimum Gasteiger partial charge on any atom is -0.394 e. The highest BCUT2D eigenvalue weighted by atomic mass is 16.5. The second-order valence-electron chi connectivity index (χ2n) is 8.97. The number of aryl methyl sites for hydroxylation is 3. The van der Waals surface area contributed by atoms with Crippen LogP contribution < -0.4 is 5.32 Å². The smallest absolute Gasteiger partial charge is 0.321 e. The molecule has 0 aromatic carbocycles. The summed E-state index contributed by atoms with van der Waals surface area (Å²) < 4.78 is 13.1. The lowest BCUT2D eigenvalue weighted by Crippen LogP contribution is -2.48. The molecule has 3 heterocycles. The number of carbonyl (C=O) groups is 2. The summed E-state index contributed by atoms with van der Waals surface area (Å²) in [6.07, 6.45) is 2.24. The van der Waals surface area contributed by atoms with Crippen LogP contribution in [0, 0.1) is 19.8 Å². The van der Waals surface area contributed by atoms with E-state index >= 15 is 0 Å². The fraction of sp³-hybridized carbons (Fsp3) is 0.682. The van der Waals surface area contributed by atoms with Crippen LogP contribution in [0.5, 0.6) is 0 Å². The van der Waals surface area contributed by atoms with E-state index in [-0.39, 0.29) is 49.8 Å². The van der Waals surface area contributed by atoms with Gasteiger partial charge in [-0.15, -0.1) is 5.10 Å². The Balaban J connectivity index is 1.78. The largest absolute Gasteiger partial charge is 0.394 e. The number of aliphatic hydroxyl groups excluding tert-OH is 1. The van der Waals surface area contributed by atoms with E-state index < -0.39 is 0 Å². The average molecular weight is 478 g/mol. The van der Waals surface area contributed by atoms with Crippen LogP contribution in [0.2, 0.25) is 0 Å². The van der Waals surface area contributed by atoms with Gasteiger partial charge in [-0.1, -0.05) is 17.3 Å². The first-order chi connectivity index (χ1) is 16.2. The number of hydrogen-bond donors (Lipinski definition) is 2. The van der Waals surface area contributed by atoms with Gasteiger partial charge >= 0.3 is 6.03 Å². The predicted molar refractivity (Wildman–Crippen MR) is 123 cm³/mol. The molecule has 34 heavy (non-hydrogen) atoms. The number of nitrogens with zero attached hydrogens (tertiary/aromatic N) is 6. The van der Waals surface area contributed by atoms with E-state index in [1.807, 2.05) is 13.8 Å². The van der Waals surface area contributed by atoms with Gasteiger partial charge in [-0.2, -0.15) is 0 Å². The minimum absolute atomic E-state index is 0.0288. The molecule has 0 fully saturated rings. The van der Waals surface area contributed by atoms with E-state index in [0.717, 1.165) is 5.69 Å². The van der Waals surface area contributed by atoms with E-state index in [1.165, 1.54) is 4.90 Å². The summed E-state index contributed by atoms with van der Waals surface area (Å²) >= 11 is 0. The third-order valence-corrected chi connectivity index (χ3v) is 6.21. The molecule has 0 unspecified atom stereocenters. The number of aliphatic hydroxyl groups is 1. The van der Waals surface area contributed by atoms with Gasteiger partial charge in [-0.05, 0) is 27.2 Å². The first kappa shape index (κ1) is 25.6. The summed E-state index contributed by atoms with van der Waals surface area (Å²) in [4.78, 5) is 29.1. The molecule has 3 amide bonds.